The number of para-hydroxylation sites is 1. The van der Waals surface area contributed by atoms with Crippen molar-refractivity contribution in [2.45, 2.75) is 12.5 Å². The maximum atomic E-state index is 13.5. The summed E-state index contributed by atoms with van der Waals surface area (Å²) in [5, 5.41) is 27.9. The number of aromatic hydroxyl groups is 2. The molecule has 8 heteroatoms. The van der Waals surface area contributed by atoms with E-state index in [2.05, 4.69) is 10.2 Å². The molecule has 0 saturated heterocycles. The van der Waals surface area contributed by atoms with E-state index < -0.39 is 6.04 Å². The summed E-state index contributed by atoms with van der Waals surface area (Å²) >= 11 is 0. The molecular formula is C27H25N3O5. The van der Waals surface area contributed by atoms with Gasteiger partial charge in [0.1, 0.15) is 22.9 Å². The van der Waals surface area contributed by atoms with E-state index in [1.54, 1.807) is 48.4 Å². The Hall–Kier alpha value is -4.46. The van der Waals surface area contributed by atoms with Crippen LogP contribution in [0.15, 0.2) is 66.7 Å². The Labute approximate surface area is 202 Å². The molecular weight excluding hydrogens is 446 g/mol. The molecule has 1 aromatic heterocycles. The van der Waals surface area contributed by atoms with E-state index >= 15 is 0 Å². The number of carbonyl (C=O) groups excluding carboxylic acids is 1. The number of benzene rings is 3. The van der Waals surface area contributed by atoms with E-state index in [1.807, 2.05) is 30.3 Å². The molecule has 5 rings (SSSR count). The van der Waals surface area contributed by atoms with Gasteiger partial charge in [-0.25, -0.2) is 0 Å². The van der Waals surface area contributed by atoms with Crippen LogP contribution in [0.2, 0.25) is 0 Å². The van der Waals surface area contributed by atoms with Gasteiger partial charge in [-0.2, -0.15) is 5.10 Å². The number of methoxy groups -OCH3 is 2. The second-order valence-electron chi connectivity index (χ2n) is 8.31. The number of aromatic nitrogens is 2. The van der Waals surface area contributed by atoms with Gasteiger partial charge in [0.05, 0.1) is 20.3 Å². The van der Waals surface area contributed by atoms with E-state index in [9.17, 15) is 15.0 Å². The van der Waals surface area contributed by atoms with Gasteiger partial charge in [0.25, 0.3) is 5.91 Å². The van der Waals surface area contributed by atoms with Gasteiger partial charge < -0.3 is 24.6 Å². The molecule has 4 aromatic rings. The first-order valence-electron chi connectivity index (χ1n) is 11.2. The average Bonchev–Trinajstić information content (AvgIpc) is 3.42. The third-order valence-electron chi connectivity index (χ3n) is 6.34. The number of hydrogen-bond donors (Lipinski definition) is 3. The molecule has 1 aliphatic rings. The zero-order valence-electron chi connectivity index (χ0n) is 19.4. The van der Waals surface area contributed by atoms with Crippen molar-refractivity contribution in [1.29, 1.82) is 0 Å². The Morgan fingerprint density at radius 1 is 0.971 bits per heavy atom. The molecule has 0 unspecified atom stereocenters. The molecule has 0 saturated carbocycles. The number of phenolic OH excluding ortho intramolecular Hbond substituents is 2. The van der Waals surface area contributed by atoms with Gasteiger partial charge in [0.2, 0.25) is 0 Å². The first kappa shape index (κ1) is 22.3. The lowest BCUT2D eigenvalue weighted by atomic mass is 9.95. The van der Waals surface area contributed by atoms with Crippen molar-refractivity contribution >= 4 is 5.91 Å². The van der Waals surface area contributed by atoms with Crippen LogP contribution in [0.1, 0.15) is 33.2 Å². The molecule has 178 valence electrons. The van der Waals surface area contributed by atoms with E-state index in [-0.39, 0.29) is 17.4 Å². The van der Waals surface area contributed by atoms with Crippen molar-refractivity contribution < 1.29 is 24.5 Å². The molecule has 1 aliphatic heterocycles. The first-order valence-corrected chi connectivity index (χ1v) is 11.2. The average molecular weight is 472 g/mol. The number of amides is 1. The molecule has 0 radical (unpaired) electrons. The van der Waals surface area contributed by atoms with Crippen LogP contribution in [0.25, 0.3) is 11.3 Å². The van der Waals surface area contributed by atoms with Crippen LogP contribution < -0.4 is 9.47 Å². The van der Waals surface area contributed by atoms with Crippen molar-refractivity contribution in [3.8, 4) is 34.3 Å². The molecule has 35 heavy (non-hydrogen) atoms. The zero-order chi connectivity index (χ0) is 24.5. The van der Waals surface area contributed by atoms with Crippen LogP contribution in [-0.4, -0.2) is 52.0 Å². The minimum Gasteiger partial charge on any atom is -0.507 e. The van der Waals surface area contributed by atoms with Gasteiger partial charge in [-0.1, -0.05) is 30.3 Å². The number of aromatic amines is 1. The summed E-state index contributed by atoms with van der Waals surface area (Å²) in [5.74, 6) is 0.992. The molecule has 8 nitrogen and oxygen atoms in total. The fourth-order valence-corrected chi connectivity index (χ4v) is 4.56. The highest BCUT2D eigenvalue weighted by molar-refractivity contribution is 6.00. The standard InChI is InChI=1S/C27H25N3O5/c1-34-18-10-7-16(8-11-18)13-14-30-26(17-9-12-21(32)22(15-17)35-2)23-24(28-29-25(23)27(30)33)19-5-3-4-6-20(19)31/h3-12,15,26,31-32H,13-14H2,1-2H3,(H,28,29)/t26-/m0/s1. The van der Waals surface area contributed by atoms with Crippen molar-refractivity contribution in [3.63, 3.8) is 0 Å². The fourth-order valence-electron chi connectivity index (χ4n) is 4.56. The lowest BCUT2D eigenvalue weighted by Gasteiger charge is -2.27. The number of nitrogens with zero attached hydrogens (tertiary/aromatic N) is 2. The predicted octanol–water partition coefficient (Wildman–Crippen LogP) is 4.29. The second kappa shape index (κ2) is 9.06. The largest absolute Gasteiger partial charge is 0.507 e. The number of phenols is 2. The molecule has 1 atom stereocenters. The van der Waals surface area contributed by atoms with Crippen LogP contribution in [0.5, 0.6) is 23.0 Å². The Morgan fingerprint density at radius 2 is 1.74 bits per heavy atom. The Bertz CT molecular complexity index is 1380. The van der Waals surface area contributed by atoms with Crippen molar-refractivity contribution in [2.75, 3.05) is 20.8 Å². The fraction of sp³-hybridized carbons (Fsp3) is 0.185. The Morgan fingerprint density at radius 3 is 2.46 bits per heavy atom. The molecule has 1 amide bonds. The topological polar surface area (TPSA) is 108 Å². The lowest BCUT2D eigenvalue weighted by Crippen LogP contribution is -2.31. The Balaban J connectivity index is 1.58. The maximum Gasteiger partial charge on any atom is 0.273 e. The highest BCUT2D eigenvalue weighted by Gasteiger charge is 2.42. The summed E-state index contributed by atoms with van der Waals surface area (Å²) in [7, 11) is 3.11. The van der Waals surface area contributed by atoms with E-state index in [0.29, 0.717) is 41.2 Å². The number of rotatable bonds is 7. The predicted molar refractivity (Wildman–Crippen MR) is 130 cm³/mol. The summed E-state index contributed by atoms with van der Waals surface area (Å²) in [6, 6.07) is 19.2. The molecule has 0 bridgehead atoms. The lowest BCUT2D eigenvalue weighted by molar-refractivity contribution is 0.0745. The van der Waals surface area contributed by atoms with Crippen LogP contribution in [0, 0.1) is 0 Å². The van der Waals surface area contributed by atoms with Gasteiger partial charge in [0.15, 0.2) is 11.5 Å². The summed E-state index contributed by atoms with van der Waals surface area (Å²) in [4.78, 5) is 15.3. The van der Waals surface area contributed by atoms with Gasteiger partial charge in [-0.15, -0.1) is 0 Å². The molecule has 0 fully saturated rings. The summed E-state index contributed by atoms with van der Waals surface area (Å²) in [6.45, 7) is 0.446. The van der Waals surface area contributed by atoms with E-state index in [4.69, 9.17) is 9.47 Å². The normalized spacial score (nSPS) is 14.7. The number of H-pyrrole nitrogens is 1. The number of ether oxygens (including phenoxy) is 2. The van der Waals surface area contributed by atoms with Gasteiger partial charge in [-0.05, 0) is 53.9 Å². The van der Waals surface area contributed by atoms with Gasteiger partial charge >= 0.3 is 0 Å². The third kappa shape index (κ3) is 3.93. The molecule has 3 N–H and O–H groups in total. The van der Waals surface area contributed by atoms with E-state index in [1.165, 1.54) is 7.11 Å². The SMILES string of the molecule is COc1ccc(CCN2C(=O)c3[nH]nc(-c4ccccc4O)c3[C@@H]2c2ccc(O)c(OC)c2)cc1. The number of fused-ring (bicyclic) bond motifs is 1. The quantitative estimate of drug-likeness (QED) is 0.371. The number of carbonyl (C=O) groups is 1. The minimum absolute atomic E-state index is 0.0127. The highest BCUT2D eigenvalue weighted by atomic mass is 16.5. The van der Waals surface area contributed by atoms with E-state index in [0.717, 1.165) is 16.9 Å². The summed E-state index contributed by atoms with van der Waals surface area (Å²) in [6.07, 6.45) is 0.630. The number of nitrogens with one attached hydrogen (secondary N) is 1. The Kier molecular flexibility index (Phi) is 5.78. The smallest absolute Gasteiger partial charge is 0.273 e. The molecule has 0 aliphatic carbocycles. The van der Waals surface area contributed by atoms with Gasteiger partial charge in [0, 0.05) is 17.7 Å². The first-order chi connectivity index (χ1) is 17.0. The molecule has 2 heterocycles. The monoisotopic (exact) mass is 471 g/mol. The summed E-state index contributed by atoms with van der Waals surface area (Å²) in [5.41, 5.74) is 3.93. The maximum absolute atomic E-state index is 13.5. The van der Waals surface area contributed by atoms with Gasteiger partial charge in [-0.3, -0.25) is 9.89 Å². The highest BCUT2D eigenvalue weighted by Crippen LogP contribution is 2.45. The summed E-state index contributed by atoms with van der Waals surface area (Å²) < 4.78 is 10.6. The van der Waals surface area contributed by atoms with Crippen LogP contribution in [0.3, 0.4) is 0 Å². The van der Waals surface area contributed by atoms with Crippen molar-refractivity contribution in [1.82, 2.24) is 15.1 Å². The third-order valence-corrected chi connectivity index (χ3v) is 6.34. The zero-order valence-corrected chi connectivity index (χ0v) is 19.4. The number of hydrogen-bond acceptors (Lipinski definition) is 6. The second-order valence-corrected chi connectivity index (χ2v) is 8.31. The van der Waals surface area contributed by atoms with Crippen molar-refractivity contribution in [2.24, 2.45) is 0 Å². The molecule has 0 spiro atoms. The minimum atomic E-state index is -0.487. The van der Waals surface area contributed by atoms with Crippen LogP contribution in [0.4, 0.5) is 0 Å². The molecule has 3 aromatic carbocycles. The van der Waals surface area contributed by atoms with Crippen LogP contribution in [-0.2, 0) is 6.42 Å². The van der Waals surface area contributed by atoms with Crippen LogP contribution >= 0.6 is 0 Å². The van der Waals surface area contributed by atoms with Crippen molar-refractivity contribution in [3.05, 3.63) is 89.1 Å².